The molecule has 21 heavy (non-hydrogen) atoms. The van der Waals surface area contributed by atoms with Gasteiger partial charge < -0.3 is 19.9 Å². The van der Waals surface area contributed by atoms with E-state index in [1.54, 1.807) is 32.3 Å². The van der Waals surface area contributed by atoms with Crippen LogP contribution in [0.5, 0.6) is 0 Å². The number of aromatic nitrogens is 1. The van der Waals surface area contributed by atoms with Gasteiger partial charge in [0.1, 0.15) is 5.82 Å². The van der Waals surface area contributed by atoms with Gasteiger partial charge in [0.05, 0.1) is 13.2 Å². The van der Waals surface area contributed by atoms with Crippen molar-refractivity contribution in [1.29, 1.82) is 0 Å². The SMILES string of the molecule is CCN(CC(=O)N(C)C)c1ncccc1CNCCOC. The van der Waals surface area contributed by atoms with Crippen LogP contribution in [0.1, 0.15) is 12.5 Å². The minimum atomic E-state index is 0.0702. The number of likely N-dealkylation sites (N-methyl/N-ethyl adjacent to an activating group) is 2. The van der Waals surface area contributed by atoms with E-state index in [-0.39, 0.29) is 5.91 Å². The molecule has 1 N–H and O–H groups in total. The van der Waals surface area contributed by atoms with Gasteiger partial charge in [0, 0.05) is 52.6 Å². The molecule has 0 saturated heterocycles. The molecule has 118 valence electrons. The van der Waals surface area contributed by atoms with Crippen LogP contribution in [0.4, 0.5) is 5.82 Å². The van der Waals surface area contributed by atoms with Crippen LogP contribution in [-0.2, 0) is 16.1 Å². The minimum absolute atomic E-state index is 0.0702. The number of methoxy groups -OCH3 is 1. The van der Waals surface area contributed by atoms with E-state index >= 15 is 0 Å². The van der Waals surface area contributed by atoms with Crippen LogP contribution in [0.3, 0.4) is 0 Å². The van der Waals surface area contributed by atoms with Crippen molar-refractivity contribution >= 4 is 11.7 Å². The molecule has 1 amide bonds. The highest BCUT2D eigenvalue weighted by Gasteiger charge is 2.15. The smallest absolute Gasteiger partial charge is 0.241 e. The molecule has 0 radical (unpaired) electrons. The van der Waals surface area contributed by atoms with Crippen molar-refractivity contribution in [2.75, 3.05) is 52.3 Å². The number of nitrogens with one attached hydrogen (secondary N) is 1. The minimum Gasteiger partial charge on any atom is -0.383 e. The lowest BCUT2D eigenvalue weighted by Crippen LogP contribution is -2.37. The number of carbonyl (C=O) groups is 1. The summed E-state index contributed by atoms with van der Waals surface area (Å²) in [5.74, 6) is 0.931. The molecule has 1 rings (SSSR count). The van der Waals surface area contributed by atoms with Crippen molar-refractivity contribution in [3.05, 3.63) is 23.9 Å². The highest BCUT2D eigenvalue weighted by molar-refractivity contribution is 5.80. The lowest BCUT2D eigenvalue weighted by Gasteiger charge is -2.25. The largest absolute Gasteiger partial charge is 0.383 e. The summed E-state index contributed by atoms with van der Waals surface area (Å²) in [7, 11) is 5.21. The summed E-state index contributed by atoms with van der Waals surface area (Å²) in [5, 5.41) is 3.31. The summed E-state index contributed by atoms with van der Waals surface area (Å²) < 4.78 is 5.02. The average Bonchev–Trinajstić information content (AvgIpc) is 2.49. The molecular formula is C15H26N4O2. The second-order valence-corrected chi connectivity index (χ2v) is 4.96. The number of anilines is 1. The van der Waals surface area contributed by atoms with Crippen molar-refractivity contribution in [3.8, 4) is 0 Å². The number of hydrogen-bond acceptors (Lipinski definition) is 5. The van der Waals surface area contributed by atoms with Gasteiger partial charge >= 0.3 is 0 Å². The Bertz CT molecular complexity index is 437. The van der Waals surface area contributed by atoms with Crippen molar-refractivity contribution < 1.29 is 9.53 Å². The second kappa shape index (κ2) is 9.31. The highest BCUT2D eigenvalue weighted by atomic mass is 16.5. The van der Waals surface area contributed by atoms with Crippen LogP contribution in [0, 0.1) is 0 Å². The number of pyridine rings is 1. The molecule has 0 saturated carbocycles. The van der Waals surface area contributed by atoms with E-state index in [9.17, 15) is 4.79 Å². The molecule has 1 aromatic rings. The first kappa shape index (κ1) is 17.4. The van der Waals surface area contributed by atoms with Gasteiger partial charge in [-0.3, -0.25) is 4.79 Å². The molecule has 0 fully saturated rings. The zero-order valence-electron chi connectivity index (χ0n) is 13.4. The molecule has 0 aliphatic rings. The maximum atomic E-state index is 11.9. The summed E-state index contributed by atoms with van der Waals surface area (Å²) in [6, 6.07) is 3.95. The fraction of sp³-hybridized carbons (Fsp3) is 0.600. The highest BCUT2D eigenvalue weighted by Crippen LogP contribution is 2.16. The Morgan fingerprint density at radius 3 is 2.81 bits per heavy atom. The number of amides is 1. The zero-order valence-corrected chi connectivity index (χ0v) is 13.4. The third-order valence-electron chi connectivity index (χ3n) is 3.17. The Balaban J connectivity index is 2.76. The fourth-order valence-electron chi connectivity index (χ4n) is 1.89. The molecule has 0 aromatic carbocycles. The van der Waals surface area contributed by atoms with E-state index < -0.39 is 0 Å². The second-order valence-electron chi connectivity index (χ2n) is 4.96. The Hall–Kier alpha value is -1.66. The van der Waals surface area contributed by atoms with Crippen molar-refractivity contribution in [2.45, 2.75) is 13.5 Å². The Morgan fingerprint density at radius 1 is 1.43 bits per heavy atom. The number of rotatable bonds is 9. The van der Waals surface area contributed by atoms with E-state index in [4.69, 9.17) is 4.74 Å². The van der Waals surface area contributed by atoms with E-state index in [0.29, 0.717) is 19.7 Å². The third-order valence-corrected chi connectivity index (χ3v) is 3.17. The zero-order chi connectivity index (χ0) is 15.7. The van der Waals surface area contributed by atoms with Crippen LogP contribution >= 0.6 is 0 Å². The van der Waals surface area contributed by atoms with Crippen LogP contribution in [0.15, 0.2) is 18.3 Å². The molecule has 0 aliphatic heterocycles. The van der Waals surface area contributed by atoms with Gasteiger partial charge in [0.25, 0.3) is 0 Å². The predicted molar refractivity (Wildman–Crippen MR) is 84.4 cm³/mol. The average molecular weight is 294 g/mol. The fourth-order valence-corrected chi connectivity index (χ4v) is 1.89. The van der Waals surface area contributed by atoms with Crippen LogP contribution in [0.2, 0.25) is 0 Å². The molecule has 1 aromatic heterocycles. The maximum Gasteiger partial charge on any atom is 0.241 e. The normalized spacial score (nSPS) is 10.5. The lowest BCUT2D eigenvalue weighted by molar-refractivity contribution is -0.127. The molecule has 0 atom stereocenters. The molecule has 0 spiro atoms. The summed E-state index contributed by atoms with van der Waals surface area (Å²) >= 11 is 0. The monoisotopic (exact) mass is 294 g/mol. The van der Waals surface area contributed by atoms with Gasteiger partial charge in [-0.25, -0.2) is 4.98 Å². The van der Waals surface area contributed by atoms with Gasteiger partial charge in [0.2, 0.25) is 5.91 Å². The quantitative estimate of drug-likeness (QED) is 0.681. The summed E-state index contributed by atoms with van der Waals surface area (Å²) in [6.45, 7) is 5.27. The predicted octanol–water partition coefficient (Wildman–Crippen LogP) is 0.732. The topological polar surface area (TPSA) is 57.7 Å². The van der Waals surface area contributed by atoms with Gasteiger partial charge in [-0.2, -0.15) is 0 Å². The number of nitrogens with zero attached hydrogens (tertiary/aromatic N) is 3. The van der Waals surface area contributed by atoms with Crippen molar-refractivity contribution in [1.82, 2.24) is 15.2 Å². The number of ether oxygens (including phenoxy) is 1. The third kappa shape index (κ3) is 5.69. The number of carbonyl (C=O) groups excluding carboxylic acids is 1. The van der Waals surface area contributed by atoms with Crippen LogP contribution in [-0.4, -0.2) is 63.2 Å². The van der Waals surface area contributed by atoms with E-state index in [0.717, 1.165) is 24.5 Å². The van der Waals surface area contributed by atoms with Gasteiger partial charge in [-0.15, -0.1) is 0 Å². The first-order chi connectivity index (χ1) is 10.1. The van der Waals surface area contributed by atoms with Crippen LogP contribution < -0.4 is 10.2 Å². The molecule has 0 aliphatic carbocycles. The molecular weight excluding hydrogens is 268 g/mol. The molecule has 6 heteroatoms. The summed E-state index contributed by atoms with van der Waals surface area (Å²) in [5.41, 5.74) is 1.09. The van der Waals surface area contributed by atoms with Gasteiger partial charge in [-0.05, 0) is 13.0 Å². The molecule has 0 bridgehead atoms. The van der Waals surface area contributed by atoms with Crippen LogP contribution in [0.25, 0.3) is 0 Å². The first-order valence-electron chi connectivity index (χ1n) is 7.18. The van der Waals surface area contributed by atoms with E-state index in [1.165, 1.54) is 0 Å². The Kier molecular flexibility index (Phi) is 7.71. The molecule has 1 heterocycles. The Morgan fingerprint density at radius 2 is 2.19 bits per heavy atom. The first-order valence-corrected chi connectivity index (χ1v) is 7.18. The summed E-state index contributed by atoms with van der Waals surface area (Å²) in [4.78, 5) is 20.0. The van der Waals surface area contributed by atoms with E-state index in [1.807, 2.05) is 24.0 Å². The lowest BCUT2D eigenvalue weighted by atomic mass is 10.2. The van der Waals surface area contributed by atoms with Crippen molar-refractivity contribution in [3.63, 3.8) is 0 Å². The molecule has 0 unspecified atom stereocenters. The number of hydrogen-bond donors (Lipinski definition) is 1. The maximum absolute atomic E-state index is 11.9. The summed E-state index contributed by atoms with van der Waals surface area (Å²) in [6.07, 6.45) is 1.76. The van der Waals surface area contributed by atoms with E-state index in [2.05, 4.69) is 10.3 Å². The van der Waals surface area contributed by atoms with Crippen molar-refractivity contribution in [2.24, 2.45) is 0 Å². The molecule has 6 nitrogen and oxygen atoms in total. The Labute approximate surface area is 127 Å². The van der Waals surface area contributed by atoms with Gasteiger partial charge in [-0.1, -0.05) is 6.07 Å². The van der Waals surface area contributed by atoms with Gasteiger partial charge in [0.15, 0.2) is 0 Å². The standard InChI is InChI=1S/C15H26N4O2/c1-5-19(12-14(20)18(2)3)15-13(7-6-8-17-15)11-16-9-10-21-4/h6-8,16H,5,9-12H2,1-4H3.